The maximum Gasteiger partial charge on any atom is 0.417 e. The SMILES string of the molecule is CC1C(c2ccccc2)OC(=O)N1C(=O)C1CCc2c(sc3ncnc(Cl)c23)C1. The van der Waals surface area contributed by atoms with Gasteiger partial charge in [-0.15, -0.1) is 11.3 Å². The van der Waals surface area contributed by atoms with Crippen LogP contribution in [0.1, 0.15) is 35.5 Å². The van der Waals surface area contributed by atoms with Gasteiger partial charge in [0.25, 0.3) is 0 Å². The molecule has 1 aromatic carbocycles. The molecule has 1 saturated heterocycles. The zero-order valence-corrected chi connectivity index (χ0v) is 17.2. The molecule has 2 aromatic heterocycles. The summed E-state index contributed by atoms with van der Waals surface area (Å²) < 4.78 is 5.55. The predicted molar refractivity (Wildman–Crippen MR) is 110 cm³/mol. The molecule has 1 aliphatic carbocycles. The first-order valence-electron chi connectivity index (χ1n) is 9.54. The second kappa shape index (κ2) is 7.07. The van der Waals surface area contributed by atoms with E-state index in [0.29, 0.717) is 18.0 Å². The van der Waals surface area contributed by atoms with E-state index in [1.165, 1.54) is 11.2 Å². The van der Waals surface area contributed by atoms with Crippen LogP contribution in [0.15, 0.2) is 36.7 Å². The number of imide groups is 1. The number of ether oxygens (including phenoxy) is 1. The van der Waals surface area contributed by atoms with E-state index in [1.54, 1.807) is 11.3 Å². The van der Waals surface area contributed by atoms with Crippen molar-refractivity contribution in [3.05, 3.63) is 57.8 Å². The van der Waals surface area contributed by atoms with Crippen molar-refractivity contribution in [2.24, 2.45) is 5.92 Å². The Hall–Kier alpha value is -2.51. The van der Waals surface area contributed by atoms with Crippen molar-refractivity contribution in [1.82, 2.24) is 14.9 Å². The van der Waals surface area contributed by atoms with E-state index in [1.807, 2.05) is 37.3 Å². The molecule has 3 unspecified atom stereocenters. The second-order valence-electron chi connectivity index (χ2n) is 7.45. The molecule has 0 bridgehead atoms. The van der Waals surface area contributed by atoms with E-state index in [2.05, 4.69) is 9.97 Å². The molecule has 0 N–H and O–H groups in total. The molecule has 148 valence electrons. The van der Waals surface area contributed by atoms with Gasteiger partial charge in [0.1, 0.15) is 22.4 Å². The number of aromatic nitrogens is 2. The van der Waals surface area contributed by atoms with Crippen LogP contribution in [-0.4, -0.2) is 32.9 Å². The fourth-order valence-corrected chi connectivity index (χ4v) is 5.89. The van der Waals surface area contributed by atoms with Gasteiger partial charge >= 0.3 is 6.09 Å². The number of fused-ring (bicyclic) bond motifs is 3. The van der Waals surface area contributed by atoms with E-state index in [4.69, 9.17) is 16.3 Å². The third kappa shape index (κ3) is 3.00. The van der Waals surface area contributed by atoms with Gasteiger partial charge in [0.05, 0.1) is 11.4 Å². The molecule has 2 amide bonds. The van der Waals surface area contributed by atoms with Crippen LogP contribution in [-0.2, 0) is 22.4 Å². The van der Waals surface area contributed by atoms with Crippen LogP contribution >= 0.6 is 22.9 Å². The normalized spacial score (nSPS) is 23.9. The molecule has 3 aromatic rings. The highest BCUT2D eigenvalue weighted by Crippen LogP contribution is 2.41. The Morgan fingerprint density at radius 3 is 2.86 bits per heavy atom. The summed E-state index contributed by atoms with van der Waals surface area (Å²) >= 11 is 7.82. The molecule has 2 aliphatic rings. The number of amides is 2. The van der Waals surface area contributed by atoms with Crippen LogP contribution in [0.5, 0.6) is 0 Å². The Kier molecular flexibility index (Phi) is 4.52. The molecule has 8 heteroatoms. The van der Waals surface area contributed by atoms with Crippen LogP contribution in [0.3, 0.4) is 0 Å². The topological polar surface area (TPSA) is 72.4 Å². The first-order valence-corrected chi connectivity index (χ1v) is 10.7. The lowest BCUT2D eigenvalue weighted by Crippen LogP contribution is -2.43. The van der Waals surface area contributed by atoms with Gasteiger partial charge in [0.2, 0.25) is 5.91 Å². The van der Waals surface area contributed by atoms with Crippen LogP contribution in [0.25, 0.3) is 10.2 Å². The third-order valence-electron chi connectivity index (χ3n) is 5.78. The standard InChI is InChI=1S/C21H18ClN3O3S/c1-11-17(12-5-3-2-4-6-12)28-21(27)25(11)20(26)13-7-8-14-15(9-13)29-19-16(14)18(22)23-10-24-19/h2-6,10-11,13,17H,7-9H2,1H3. The molecule has 0 saturated carbocycles. The van der Waals surface area contributed by atoms with Crippen molar-refractivity contribution in [1.29, 1.82) is 0 Å². The third-order valence-corrected chi connectivity index (χ3v) is 7.23. The lowest BCUT2D eigenvalue weighted by Gasteiger charge is -2.27. The minimum atomic E-state index is -0.563. The summed E-state index contributed by atoms with van der Waals surface area (Å²) in [5, 5.41) is 1.36. The number of cyclic esters (lactones) is 1. The van der Waals surface area contributed by atoms with Gasteiger partial charge in [-0.2, -0.15) is 0 Å². The van der Waals surface area contributed by atoms with Crippen LogP contribution < -0.4 is 0 Å². The summed E-state index contributed by atoms with van der Waals surface area (Å²) in [6.07, 6.45) is 2.42. The molecular formula is C21H18ClN3O3S. The zero-order valence-electron chi connectivity index (χ0n) is 15.7. The lowest BCUT2D eigenvalue weighted by atomic mass is 9.86. The quantitative estimate of drug-likeness (QED) is 0.560. The van der Waals surface area contributed by atoms with Gasteiger partial charge in [-0.3, -0.25) is 4.79 Å². The van der Waals surface area contributed by atoms with Gasteiger partial charge in [-0.25, -0.2) is 19.7 Å². The monoisotopic (exact) mass is 427 g/mol. The first-order chi connectivity index (χ1) is 14.0. The molecule has 29 heavy (non-hydrogen) atoms. The highest BCUT2D eigenvalue weighted by atomic mass is 35.5. The van der Waals surface area contributed by atoms with Crippen LogP contribution in [0, 0.1) is 5.92 Å². The van der Waals surface area contributed by atoms with E-state index < -0.39 is 12.2 Å². The van der Waals surface area contributed by atoms with E-state index in [9.17, 15) is 9.59 Å². The van der Waals surface area contributed by atoms with E-state index in [-0.39, 0.29) is 17.9 Å². The Labute approximate surface area is 176 Å². The number of rotatable bonds is 2. The minimum Gasteiger partial charge on any atom is -0.439 e. The average molecular weight is 428 g/mol. The summed E-state index contributed by atoms with van der Waals surface area (Å²) in [7, 11) is 0. The smallest absolute Gasteiger partial charge is 0.417 e. The highest BCUT2D eigenvalue weighted by molar-refractivity contribution is 7.19. The van der Waals surface area contributed by atoms with Gasteiger partial charge in [-0.1, -0.05) is 41.9 Å². The lowest BCUT2D eigenvalue weighted by molar-refractivity contribution is -0.133. The van der Waals surface area contributed by atoms with Crippen LogP contribution in [0.4, 0.5) is 4.79 Å². The Bertz CT molecular complexity index is 1120. The number of hydrogen-bond donors (Lipinski definition) is 0. The Morgan fingerprint density at radius 2 is 2.07 bits per heavy atom. The number of halogens is 1. The van der Waals surface area contributed by atoms with Crippen molar-refractivity contribution in [3.8, 4) is 0 Å². The number of hydrogen-bond acceptors (Lipinski definition) is 6. The number of aryl methyl sites for hydroxylation is 1. The molecule has 1 aliphatic heterocycles. The van der Waals surface area contributed by atoms with Crippen molar-refractivity contribution in [3.63, 3.8) is 0 Å². The Balaban J connectivity index is 1.40. The Morgan fingerprint density at radius 1 is 1.28 bits per heavy atom. The largest absolute Gasteiger partial charge is 0.439 e. The van der Waals surface area contributed by atoms with Gasteiger partial charge in [0, 0.05) is 10.8 Å². The molecule has 3 atom stereocenters. The maximum absolute atomic E-state index is 13.3. The van der Waals surface area contributed by atoms with Crippen molar-refractivity contribution in [2.75, 3.05) is 0 Å². The van der Waals surface area contributed by atoms with E-state index in [0.717, 1.165) is 32.6 Å². The van der Waals surface area contributed by atoms with Gasteiger partial charge in [-0.05, 0) is 37.3 Å². The molecule has 0 radical (unpaired) electrons. The molecule has 3 heterocycles. The summed E-state index contributed by atoms with van der Waals surface area (Å²) in [6, 6.07) is 9.20. The summed E-state index contributed by atoms with van der Waals surface area (Å²) in [5.74, 6) is -0.423. The second-order valence-corrected chi connectivity index (χ2v) is 8.89. The fraction of sp³-hybridized carbons (Fsp3) is 0.333. The fourth-order valence-electron chi connectivity index (χ4n) is 4.32. The van der Waals surface area contributed by atoms with Crippen molar-refractivity contribution < 1.29 is 14.3 Å². The number of nitrogens with zero attached hydrogens (tertiary/aromatic N) is 3. The number of carbonyl (C=O) groups is 2. The predicted octanol–water partition coefficient (Wildman–Crippen LogP) is 4.56. The minimum absolute atomic E-state index is 0.166. The zero-order chi connectivity index (χ0) is 20.1. The molecule has 1 fully saturated rings. The van der Waals surface area contributed by atoms with Gasteiger partial charge < -0.3 is 4.74 Å². The summed E-state index contributed by atoms with van der Waals surface area (Å²) in [4.78, 5) is 37.5. The molecular weight excluding hydrogens is 410 g/mol. The number of thiophene rings is 1. The van der Waals surface area contributed by atoms with Crippen molar-refractivity contribution >= 4 is 45.2 Å². The van der Waals surface area contributed by atoms with Gasteiger partial charge in [0.15, 0.2) is 0 Å². The van der Waals surface area contributed by atoms with E-state index >= 15 is 0 Å². The van der Waals surface area contributed by atoms with Crippen LogP contribution in [0.2, 0.25) is 5.15 Å². The molecule has 0 spiro atoms. The first kappa shape index (κ1) is 18.5. The molecule has 5 rings (SSSR count). The summed E-state index contributed by atoms with van der Waals surface area (Å²) in [5.41, 5.74) is 2.03. The maximum atomic E-state index is 13.3. The summed E-state index contributed by atoms with van der Waals surface area (Å²) in [6.45, 7) is 1.86. The number of benzene rings is 1. The number of carbonyl (C=O) groups excluding carboxylic acids is 2. The van der Waals surface area contributed by atoms with Crippen molar-refractivity contribution in [2.45, 2.75) is 38.3 Å². The highest BCUT2D eigenvalue weighted by Gasteiger charge is 2.45. The molecule has 6 nitrogen and oxygen atoms in total. The average Bonchev–Trinajstić information content (AvgIpc) is 3.25.